The van der Waals surface area contributed by atoms with E-state index >= 15 is 0 Å². The van der Waals surface area contributed by atoms with Gasteiger partial charge in [0.1, 0.15) is 6.04 Å². The van der Waals surface area contributed by atoms with E-state index < -0.39 is 0 Å². The highest BCUT2D eigenvalue weighted by Crippen LogP contribution is 2.15. The highest BCUT2D eigenvalue weighted by atomic mass is 16.1. The maximum Gasteiger partial charge on any atom is 0.153 e. The van der Waals surface area contributed by atoms with E-state index in [0.717, 1.165) is 5.69 Å². The minimum absolute atomic E-state index is 0.115. The summed E-state index contributed by atoms with van der Waals surface area (Å²) in [7, 11) is 3.75. The van der Waals surface area contributed by atoms with Gasteiger partial charge in [0.15, 0.2) is 5.78 Å². The number of rotatable bonds is 3. The van der Waals surface area contributed by atoms with Gasteiger partial charge in [0, 0.05) is 6.20 Å². The minimum atomic E-state index is -0.221. The van der Waals surface area contributed by atoms with Crippen molar-refractivity contribution in [3.05, 3.63) is 30.1 Å². The van der Waals surface area contributed by atoms with Gasteiger partial charge >= 0.3 is 0 Å². The number of aromatic nitrogens is 1. The molecule has 0 saturated carbocycles. The first kappa shape index (κ1) is 9.86. The van der Waals surface area contributed by atoms with Gasteiger partial charge in [0.25, 0.3) is 0 Å². The first-order valence-electron chi connectivity index (χ1n) is 4.20. The van der Waals surface area contributed by atoms with Crippen molar-refractivity contribution in [2.45, 2.75) is 13.0 Å². The molecule has 1 unspecified atom stereocenters. The van der Waals surface area contributed by atoms with Crippen LogP contribution in [0.25, 0.3) is 0 Å². The Morgan fingerprint density at radius 2 is 2.15 bits per heavy atom. The number of Topliss-reactive ketones (excluding diaryl/α,β-unsaturated/α-hetero) is 1. The number of likely N-dealkylation sites (N-methyl/N-ethyl adjacent to an activating group) is 1. The van der Waals surface area contributed by atoms with E-state index in [1.807, 2.05) is 37.2 Å². The zero-order valence-electron chi connectivity index (χ0n) is 8.19. The van der Waals surface area contributed by atoms with E-state index in [9.17, 15) is 4.79 Å². The van der Waals surface area contributed by atoms with Gasteiger partial charge in [-0.3, -0.25) is 14.7 Å². The van der Waals surface area contributed by atoms with Crippen molar-refractivity contribution in [2.24, 2.45) is 0 Å². The summed E-state index contributed by atoms with van der Waals surface area (Å²) in [6.07, 6.45) is 1.70. The van der Waals surface area contributed by atoms with Gasteiger partial charge in [-0.05, 0) is 33.2 Å². The number of pyridine rings is 1. The highest BCUT2D eigenvalue weighted by molar-refractivity contribution is 5.82. The average Bonchev–Trinajstić information content (AvgIpc) is 2.04. The lowest BCUT2D eigenvalue weighted by atomic mass is 10.1. The maximum atomic E-state index is 11.3. The molecule has 0 radical (unpaired) electrons. The van der Waals surface area contributed by atoms with Crippen LogP contribution in [0.15, 0.2) is 24.4 Å². The van der Waals surface area contributed by atoms with Crippen molar-refractivity contribution in [1.29, 1.82) is 0 Å². The van der Waals surface area contributed by atoms with E-state index in [-0.39, 0.29) is 11.8 Å². The van der Waals surface area contributed by atoms with Gasteiger partial charge in [-0.1, -0.05) is 6.07 Å². The third-order valence-corrected chi connectivity index (χ3v) is 1.87. The van der Waals surface area contributed by atoms with Gasteiger partial charge < -0.3 is 0 Å². The minimum Gasteiger partial charge on any atom is -0.298 e. The molecule has 0 aliphatic heterocycles. The normalized spacial score (nSPS) is 12.9. The van der Waals surface area contributed by atoms with Crippen molar-refractivity contribution in [1.82, 2.24) is 9.88 Å². The summed E-state index contributed by atoms with van der Waals surface area (Å²) in [6, 6.07) is 5.38. The molecule has 1 rings (SSSR count). The van der Waals surface area contributed by atoms with Crippen molar-refractivity contribution in [3.63, 3.8) is 0 Å². The summed E-state index contributed by atoms with van der Waals surface area (Å²) < 4.78 is 0. The first-order valence-corrected chi connectivity index (χ1v) is 4.20. The Morgan fingerprint density at radius 3 is 2.54 bits per heavy atom. The van der Waals surface area contributed by atoms with Crippen LogP contribution in [0.1, 0.15) is 18.7 Å². The lowest BCUT2D eigenvalue weighted by molar-refractivity contribution is -0.121. The Labute approximate surface area is 78.4 Å². The number of ketones is 1. The van der Waals surface area contributed by atoms with Crippen LogP contribution in [0.3, 0.4) is 0 Å². The number of carbonyl (C=O) groups is 1. The summed E-state index contributed by atoms with van der Waals surface area (Å²) in [5.74, 6) is 0.115. The monoisotopic (exact) mass is 178 g/mol. The smallest absolute Gasteiger partial charge is 0.153 e. The fraction of sp³-hybridized carbons (Fsp3) is 0.400. The van der Waals surface area contributed by atoms with Gasteiger partial charge in [0.05, 0.1) is 5.69 Å². The largest absolute Gasteiger partial charge is 0.298 e. The van der Waals surface area contributed by atoms with E-state index in [2.05, 4.69) is 4.98 Å². The fourth-order valence-corrected chi connectivity index (χ4v) is 1.37. The Bertz CT molecular complexity index is 282. The molecule has 1 aromatic rings. The predicted molar refractivity (Wildman–Crippen MR) is 51.3 cm³/mol. The Kier molecular flexibility index (Phi) is 3.14. The van der Waals surface area contributed by atoms with Crippen molar-refractivity contribution >= 4 is 5.78 Å². The van der Waals surface area contributed by atoms with Gasteiger partial charge in [-0.25, -0.2) is 0 Å². The number of hydrogen-bond acceptors (Lipinski definition) is 3. The number of nitrogens with zero attached hydrogens (tertiary/aromatic N) is 2. The van der Waals surface area contributed by atoms with Crippen LogP contribution >= 0.6 is 0 Å². The fourth-order valence-electron chi connectivity index (χ4n) is 1.37. The summed E-state index contributed by atoms with van der Waals surface area (Å²) in [6.45, 7) is 1.58. The third kappa shape index (κ3) is 2.36. The van der Waals surface area contributed by atoms with Crippen molar-refractivity contribution in [3.8, 4) is 0 Å². The van der Waals surface area contributed by atoms with Gasteiger partial charge in [-0.15, -0.1) is 0 Å². The van der Waals surface area contributed by atoms with Crippen LogP contribution in [0.5, 0.6) is 0 Å². The molecule has 13 heavy (non-hydrogen) atoms. The Hall–Kier alpha value is -1.22. The molecule has 0 aromatic carbocycles. The Morgan fingerprint density at radius 1 is 1.46 bits per heavy atom. The van der Waals surface area contributed by atoms with E-state index in [0.29, 0.717) is 0 Å². The molecule has 0 fully saturated rings. The van der Waals surface area contributed by atoms with E-state index in [1.54, 1.807) is 13.1 Å². The van der Waals surface area contributed by atoms with E-state index in [1.165, 1.54) is 0 Å². The van der Waals surface area contributed by atoms with Crippen molar-refractivity contribution < 1.29 is 4.79 Å². The van der Waals surface area contributed by atoms with Crippen LogP contribution < -0.4 is 0 Å². The predicted octanol–water partition coefficient (Wildman–Crippen LogP) is 1.27. The molecule has 0 aliphatic carbocycles. The van der Waals surface area contributed by atoms with Gasteiger partial charge in [0.2, 0.25) is 0 Å². The molecule has 1 aromatic heterocycles. The quantitative estimate of drug-likeness (QED) is 0.699. The van der Waals surface area contributed by atoms with Crippen LogP contribution in [-0.2, 0) is 4.79 Å². The standard InChI is InChI=1S/C10H14N2O/c1-8(13)10(12(2)3)9-6-4-5-7-11-9/h4-7,10H,1-3H3. The first-order chi connectivity index (χ1) is 6.13. The molecule has 1 atom stereocenters. The lowest BCUT2D eigenvalue weighted by Gasteiger charge is -2.20. The molecule has 0 spiro atoms. The van der Waals surface area contributed by atoms with Crippen molar-refractivity contribution in [2.75, 3.05) is 14.1 Å². The summed E-state index contributed by atoms with van der Waals surface area (Å²) in [5.41, 5.74) is 0.806. The molecule has 3 nitrogen and oxygen atoms in total. The molecule has 0 bridgehead atoms. The lowest BCUT2D eigenvalue weighted by Crippen LogP contribution is -2.26. The molecule has 0 aliphatic rings. The highest BCUT2D eigenvalue weighted by Gasteiger charge is 2.19. The summed E-state index contributed by atoms with van der Waals surface area (Å²) >= 11 is 0. The second-order valence-corrected chi connectivity index (χ2v) is 3.23. The molecule has 0 saturated heterocycles. The zero-order valence-corrected chi connectivity index (χ0v) is 8.19. The topological polar surface area (TPSA) is 33.2 Å². The van der Waals surface area contributed by atoms with Crippen LogP contribution in [0.2, 0.25) is 0 Å². The zero-order chi connectivity index (χ0) is 9.84. The molecule has 3 heteroatoms. The summed E-state index contributed by atoms with van der Waals surface area (Å²) in [4.78, 5) is 17.3. The SMILES string of the molecule is CC(=O)C(c1ccccn1)N(C)C. The molecular weight excluding hydrogens is 164 g/mol. The molecule has 0 amide bonds. The summed E-state index contributed by atoms with van der Waals surface area (Å²) in [5, 5.41) is 0. The van der Waals surface area contributed by atoms with E-state index in [4.69, 9.17) is 0 Å². The van der Waals surface area contributed by atoms with Gasteiger partial charge in [-0.2, -0.15) is 0 Å². The van der Waals surface area contributed by atoms with Crippen LogP contribution in [0, 0.1) is 0 Å². The maximum absolute atomic E-state index is 11.3. The number of carbonyl (C=O) groups excluding carboxylic acids is 1. The third-order valence-electron chi connectivity index (χ3n) is 1.87. The van der Waals surface area contributed by atoms with Crippen LogP contribution in [0.4, 0.5) is 0 Å². The Balaban J connectivity index is 2.96. The van der Waals surface area contributed by atoms with Crippen LogP contribution in [-0.4, -0.2) is 29.8 Å². The molecule has 1 heterocycles. The molecular formula is C10H14N2O. The second kappa shape index (κ2) is 4.14. The molecule has 0 N–H and O–H groups in total. The molecule has 70 valence electrons. The average molecular weight is 178 g/mol. The second-order valence-electron chi connectivity index (χ2n) is 3.23. The number of hydrogen-bond donors (Lipinski definition) is 0.